The van der Waals surface area contributed by atoms with Gasteiger partial charge in [0.25, 0.3) is 5.91 Å². The third-order valence-electron chi connectivity index (χ3n) is 3.35. The van der Waals surface area contributed by atoms with E-state index in [0.29, 0.717) is 11.1 Å². The average Bonchev–Trinajstić information content (AvgIpc) is 2.53. The lowest BCUT2D eigenvalue weighted by atomic mass is 10.0. The third kappa shape index (κ3) is 2.82. The summed E-state index contributed by atoms with van der Waals surface area (Å²) in [4.78, 5) is 23.8. The number of nitrogen functional groups attached to an aromatic ring is 1. The molecule has 0 saturated heterocycles. The Labute approximate surface area is 140 Å². The summed E-state index contributed by atoms with van der Waals surface area (Å²) >= 11 is 12.4. The van der Waals surface area contributed by atoms with Crippen LogP contribution in [0.5, 0.6) is 0 Å². The van der Waals surface area contributed by atoms with Gasteiger partial charge >= 0.3 is 5.63 Å². The number of rotatable bonds is 2. The van der Waals surface area contributed by atoms with E-state index in [4.69, 9.17) is 33.5 Å². The molecule has 5 nitrogen and oxygen atoms in total. The fourth-order valence-corrected chi connectivity index (χ4v) is 2.97. The molecule has 0 saturated carbocycles. The van der Waals surface area contributed by atoms with E-state index in [1.807, 2.05) is 11.5 Å². The normalized spacial score (nSPS) is 10.7. The molecule has 1 aromatic heterocycles. The first-order valence-electron chi connectivity index (χ1n) is 6.54. The van der Waals surface area contributed by atoms with Gasteiger partial charge in [0.1, 0.15) is 5.58 Å². The summed E-state index contributed by atoms with van der Waals surface area (Å²) < 4.78 is 5.28. The maximum Gasteiger partial charge on any atom is 0.344 e. The van der Waals surface area contributed by atoms with Crippen LogP contribution in [-0.2, 0) is 0 Å². The molecule has 3 rings (SSSR count). The smallest absolute Gasteiger partial charge is 0.344 e. The molecule has 2 aromatic carbocycles. The maximum absolute atomic E-state index is 12.2. The van der Waals surface area contributed by atoms with Crippen molar-refractivity contribution in [2.45, 2.75) is 0 Å². The van der Waals surface area contributed by atoms with Gasteiger partial charge in [-0.1, -0.05) is 41.4 Å². The van der Waals surface area contributed by atoms with Gasteiger partial charge in [-0.25, -0.2) is 10.6 Å². The minimum atomic E-state index is -0.566. The third-order valence-corrected chi connectivity index (χ3v) is 3.94. The van der Waals surface area contributed by atoms with Crippen LogP contribution in [0, 0.1) is 0 Å². The summed E-state index contributed by atoms with van der Waals surface area (Å²) in [7, 11) is 0. The van der Waals surface area contributed by atoms with Crippen molar-refractivity contribution in [1.29, 1.82) is 0 Å². The lowest BCUT2D eigenvalue weighted by Gasteiger charge is -2.09. The van der Waals surface area contributed by atoms with Gasteiger partial charge in [-0.3, -0.25) is 10.2 Å². The summed E-state index contributed by atoms with van der Waals surface area (Å²) in [6.07, 6.45) is 0. The molecule has 23 heavy (non-hydrogen) atoms. The fraction of sp³-hybridized carbons (Fsp3) is 0. The van der Waals surface area contributed by atoms with Crippen molar-refractivity contribution in [3.63, 3.8) is 0 Å². The van der Waals surface area contributed by atoms with Crippen LogP contribution in [0.15, 0.2) is 51.7 Å². The predicted molar refractivity (Wildman–Crippen MR) is 89.6 cm³/mol. The van der Waals surface area contributed by atoms with Crippen molar-refractivity contribution in [1.82, 2.24) is 5.43 Å². The highest BCUT2D eigenvalue weighted by atomic mass is 35.5. The number of carbonyl (C=O) groups excluding carboxylic acids is 1. The number of fused-ring (bicyclic) bond motifs is 1. The van der Waals surface area contributed by atoms with Crippen LogP contribution in [0.25, 0.3) is 22.1 Å². The Morgan fingerprint density at radius 3 is 2.39 bits per heavy atom. The fourth-order valence-electron chi connectivity index (χ4n) is 2.28. The summed E-state index contributed by atoms with van der Waals surface area (Å²) in [6, 6.07) is 11.5. The van der Waals surface area contributed by atoms with Gasteiger partial charge in [0.15, 0.2) is 0 Å². The molecule has 0 aliphatic heterocycles. The largest absolute Gasteiger partial charge is 0.422 e. The summed E-state index contributed by atoms with van der Waals surface area (Å²) in [5.74, 6) is 4.55. The number of para-hydroxylation sites is 1. The van der Waals surface area contributed by atoms with Crippen LogP contribution in [-0.4, -0.2) is 5.91 Å². The highest BCUT2D eigenvalue weighted by Crippen LogP contribution is 2.35. The number of hydrogen-bond acceptors (Lipinski definition) is 4. The van der Waals surface area contributed by atoms with E-state index in [-0.39, 0.29) is 21.2 Å². The van der Waals surface area contributed by atoms with Gasteiger partial charge in [0.05, 0.1) is 15.6 Å². The zero-order chi connectivity index (χ0) is 16.6. The summed E-state index contributed by atoms with van der Waals surface area (Å²) in [6.45, 7) is 0. The Balaban J connectivity index is 2.25. The van der Waals surface area contributed by atoms with Crippen LogP contribution in [0.1, 0.15) is 10.4 Å². The lowest BCUT2D eigenvalue weighted by Crippen LogP contribution is -2.30. The SMILES string of the molecule is NNC(=O)c1cc(Cl)c(-c2cc3ccccc3oc2=O)c(Cl)c1. The Hall–Kier alpha value is -2.34. The first kappa shape index (κ1) is 15.6. The highest BCUT2D eigenvalue weighted by Gasteiger charge is 2.17. The molecule has 0 radical (unpaired) electrons. The second-order valence-electron chi connectivity index (χ2n) is 4.77. The standard InChI is InChI=1S/C16H10Cl2N2O3/c17-11-6-9(15(21)20-19)7-12(18)14(11)10-5-8-3-1-2-4-13(8)23-16(10)22/h1-7H,19H2,(H,20,21). The monoisotopic (exact) mass is 348 g/mol. The van der Waals surface area contributed by atoms with Gasteiger partial charge in [-0.05, 0) is 24.3 Å². The topological polar surface area (TPSA) is 85.3 Å². The van der Waals surface area contributed by atoms with Gasteiger partial charge in [-0.2, -0.15) is 0 Å². The highest BCUT2D eigenvalue weighted by molar-refractivity contribution is 6.39. The second-order valence-corrected chi connectivity index (χ2v) is 5.59. The van der Waals surface area contributed by atoms with Gasteiger partial charge in [-0.15, -0.1) is 0 Å². The van der Waals surface area contributed by atoms with Crippen molar-refractivity contribution in [2.24, 2.45) is 5.84 Å². The lowest BCUT2D eigenvalue weighted by molar-refractivity contribution is 0.0953. The van der Waals surface area contributed by atoms with Crippen LogP contribution in [0.2, 0.25) is 10.0 Å². The van der Waals surface area contributed by atoms with Gasteiger partial charge < -0.3 is 4.42 Å². The van der Waals surface area contributed by atoms with E-state index in [1.54, 1.807) is 24.3 Å². The van der Waals surface area contributed by atoms with Gasteiger partial charge in [0.2, 0.25) is 0 Å². The zero-order valence-electron chi connectivity index (χ0n) is 11.6. The van der Waals surface area contributed by atoms with Crippen molar-refractivity contribution >= 4 is 40.1 Å². The Morgan fingerprint density at radius 1 is 1.09 bits per heavy atom. The number of amides is 1. The molecule has 0 aliphatic carbocycles. The molecule has 3 N–H and O–H groups in total. The molecule has 7 heteroatoms. The Bertz CT molecular complexity index is 959. The first-order valence-corrected chi connectivity index (χ1v) is 7.30. The molecule has 0 unspecified atom stereocenters. The van der Waals surface area contributed by atoms with Crippen molar-refractivity contribution in [2.75, 3.05) is 0 Å². The van der Waals surface area contributed by atoms with Crippen LogP contribution in [0.4, 0.5) is 0 Å². The van der Waals surface area contributed by atoms with Crippen LogP contribution in [0.3, 0.4) is 0 Å². The predicted octanol–water partition coefficient (Wildman–Crippen LogP) is 3.37. The average molecular weight is 349 g/mol. The van der Waals surface area contributed by atoms with Crippen molar-refractivity contribution in [3.05, 3.63) is 68.5 Å². The minimum Gasteiger partial charge on any atom is -0.422 e. The van der Waals surface area contributed by atoms with E-state index in [2.05, 4.69) is 0 Å². The quantitative estimate of drug-likeness (QED) is 0.321. The zero-order valence-corrected chi connectivity index (χ0v) is 13.1. The minimum absolute atomic E-state index is 0.152. The Kier molecular flexibility index (Phi) is 4.09. The molecule has 1 heterocycles. The van der Waals surface area contributed by atoms with Crippen LogP contribution >= 0.6 is 23.2 Å². The number of carbonyl (C=O) groups is 1. The van der Waals surface area contributed by atoms with Crippen molar-refractivity contribution < 1.29 is 9.21 Å². The molecule has 0 bridgehead atoms. The molecule has 0 spiro atoms. The number of nitrogens with one attached hydrogen (secondary N) is 1. The Morgan fingerprint density at radius 2 is 1.74 bits per heavy atom. The number of hydrogen-bond donors (Lipinski definition) is 2. The van der Waals surface area contributed by atoms with E-state index < -0.39 is 11.5 Å². The molecule has 0 aliphatic rings. The first-order chi connectivity index (χ1) is 11.0. The molecule has 1 amide bonds. The molecular weight excluding hydrogens is 339 g/mol. The second kappa shape index (κ2) is 6.04. The number of halogens is 2. The maximum atomic E-state index is 12.2. The summed E-state index contributed by atoms with van der Waals surface area (Å²) in [5, 5.41) is 1.04. The molecular formula is C16H10Cl2N2O3. The van der Waals surface area contributed by atoms with E-state index in [0.717, 1.165) is 5.39 Å². The molecule has 0 atom stereocenters. The van der Waals surface area contributed by atoms with Crippen molar-refractivity contribution in [3.8, 4) is 11.1 Å². The van der Waals surface area contributed by atoms with E-state index in [1.165, 1.54) is 12.1 Å². The summed E-state index contributed by atoms with van der Waals surface area (Å²) in [5.41, 5.74) is 2.61. The number of hydrazine groups is 1. The molecule has 0 fully saturated rings. The van der Waals surface area contributed by atoms with E-state index in [9.17, 15) is 9.59 Å². The van der Waals surface area contributed by atoms with Gasteiger partial charge in [0, 0.05) is 16.5 Å². The number of nitrogens with two attached hydrogens (primary N) is 1. The van der Waals surface area contributed by atoms with E-state index >= 15 is 0 Å². The number of benzene rings is 2. The molecule has 3 aromatic rings. The van der Waals surface area contributed by atoms with Crippen LogP contribution < -0.4 is 16.9 Å². The molecule has 116 valence electrons.